The zero-order valence-corrected chi connectivity index (χ0v) is 13.6. The lowest BCUT2D eigenvalue weighted by molar-refractivity contribution is -0.136. The van der Waals surface area contributed by atoms with Gasteiger partial charge >= 0.3 is 5.97 Å². The van der Waals surface area contributed by atoms with Gasteiger partial charge in [0.05, 0.1) is 19.1 Å². The average molecular weight is 332 g/mol. The highest BCUT2D eigenvalue weighted by atomic mass is 32.1. The van der Waals surface area contributed by atoms with E-state index in [2.05, 4.69) is 0 Å². The summed E-state index contributed by atoms with van der Waals surface area (Å²) in [4.78, 5) is 23.9. The molecule has 0 radical (unpaired) electrons. The molecule has 2 aromatic rings. The topological polar surface area (TPSA) is 61.8 Å². The number of carbonyl (C=O) groups is 2. The Morgan fingerprint density at radius 2 is 1.91 bits per heavy atom. The summed E-state index contributed by atoms with van der Waals surface area (Å²) in [7, 11) is 3.09. The molecule has 0 aliphatic heterocycles. The fourth-order valence-corrected chi connectivity index (χ4v) is 2.47. The second kappa shape index (κ2) is 8.14. The Morgan fingerprint density at radius 3 is 2.57 bits per heavy atom. The van der Waals surface area contributed by atoms with Crippen LogP contribution in [-0.4, -0.2) is 32.6 Å². The monoisotopic (exact) mass is 332 g/mol. The van der Waals surface area contributed by atoms with E-state index in [9.17, 15) is 9.59 Å². The Hall–Kier alpha value is -2.60. The molecule has 1 aromatic carbocycles. The minimum Gasteiger partial charge on any atom is -0.493 e. The van der Waals surface area contributed by atoms with E-state index in [-0.39, 0.29) is 12.4 Å². The fraction of sp³-hybridized carbons (Fsp3) is 0.176. The number of rotatable bonds is 7. The van der Waals surface area contributed by atoms with Gasteiger partial charge in [-0.15, -0.1) is 11.3 Å². The van der Waals surface area contributed by atoms with Crippen molar-refractivity contribution in [2.45, 2.75) is 0 Å². The number of hydrogen-bond acceptors (Lipinski definition) is 6. The lowest BCUT2D eigenvalue weighted by atomic mass is 10.2. The van der Waals surface area contributed by atoms with Gasteiger partial charge in [0.25, 0.3) is 0 Å². The van der Waals surface area contributed by atoms with E-state index in [0.29, 0.717) is 16.4 Å². The van der Waals surface area contributed by atoms with Crippen molar-refractivity contribution in [3.8, 4) is 11.5 Å². The number of ketones is 1. The van der Waals surface area contributed by atoms with Crippen LogP contribution in [0.1, 0.15) is 15.2 Å². The number of Topliss-reactive ketones (excluding diaryl/α,β-unsaturated/α-hetero) is 1. The van der Waals surface area contributed by atoms with Gasteiger partial charge in [-0.05, 0) is 35.2 Å². The number of ether oxygens (including phenoxy) is 3. The van der Waals surface area contributed by atoms with E-state index in [1.807, 2.05) is 0 Å². The highest BCUT2D eigenvalue weighted by Gasteiger charge is 2.09. The second-order valence-corrected chi connectivity index (χ2v) is 5.40. The molecule has 1 heterocycles. The Labute approximate surface area is 138 Å². The van der Waals surface area contributed by atoms with Crippen LogP contribution in [-0.2, 0) is 9.53 Å². The lowest BCUT2D eigenvalue weighted by Crippen LogP contribution is -2.11. The molecule has 0 saturated carbocycles. The summed E-state index contributed by atoms with van der Waals surface area (Å²) >= 11 is 1.32. The summed E-state index contributed by atoms with van der Waals surface area (Å²) in [6.45, 7) is -0.268. The van der Waals surface area contributed by atoms with E-state index in [1.165, 1.54) is 24.5 Å². The molecule has 5 nitrogen and oxygen atoms in total. The van der Waals surface area contributed by atoms with Gasteiger partial charge in [0.1, 0.15) is 0 Å². The first-order valence-corrected chi connectivity index (χ1v) is 7.65. The quantitative estimate of drug-likeness (QED) is 0.443. The van der Waals surface area contributed by atoms with E-state index < -0.39 is 5.97 Å². The molecular weight excluding hydrogens is 316 g/mol. The Morgan fingerprint density at radius 1 is 1.13 bits per heavy atom. The van der Waals surface area contributed by atoms with Gasteiger partial charge in [0.15, 0.2) is 18.1 Å². The molecule has 0 N–H and O–H groups in total. The molecular formula is C17H16O5S. The van der Waals surface area contributed by atoms with Crippen molar-refractivity contribution >= 4 is 29.2 Å². The zero-order valence-electron chi connectivity index (χ0n) is 12.8. The van der Waals surface area contributed by atoms with Crippen molar-refractivity contribution in [2.24, 2.45) is 0 Å². The van der Waals surface area contributed by atoms with Crippen molar-refractivity contribution in [1.82, 2.24) is 0 Å². The highest BCUT2D eigenvalue weighted by molar-refractivity contribution is 7.12. The van der Waals surface area contributed by atoms with Gasteiger partial charge in [-0.3, -0.25) is 4.79 Å². The van der Waals surface area contributed by atoms with Gasteiger partial charge < -0.3 is 14.2 Å². The molecule has 0 amide bonds. The van der Waals surface area contributed by atoms with Crippen molar-refractivity contribution in [3.63, 3.8) is 0 Å². The van der Waals surface area contributed by atoms with Crippen LogP contribution < -0.4 is 9.47 Å². The van der Waals surface area contributed by atoms with Crippen molar-refractivity contribution < 1.29 is 23.8 Å². The largest absolute Gasteiger partial charge is 0.493 e. The summed E-state index contributed by atoms with van der Waals surface area (Å²) in [5.41, 5.74) is 0.754. The maximum absolute atomic E-state index is 11.7. The fourth-order valence-electron chi connectivity index (χ4n) is 1.81. The molecule has 0 aliphatic carbocycles. The Balaban J connectivity index is 1.92. The third kappa shape index (κ3) is 4.69. The Bertz CT molecular complexity index is 704. The maximum atomic E-state index is 11.7. The molecule has 0 fully saturated rings. The molecule has 23 heavy (non-hydrogen) atoms. The van der Waals surface area contributed by atoms with Gasteiger partial charge in [-0.1, -0.05) is 12.1 Å². The van der Waals surface area contributed by atoms with E-state index in [0.717, 1.165) is 5.56 Å². The molecule has 1 aromatic heterocycles. The molecule has 0 unspecified atom stereocenters. The van der Waals surface area contributed by atoms with Gasteiger partial charge in [0, 0.05) is 6.08 Å². The number of methoxy groups -OCH3 is 2. The van der Waals surface area contributed by atoms with Crippen LogP contribution in [0, 0.1) is 0 Å². The molecule has 0 aliphatic rings. The highest BCUT2D eigenvalue weighted by Crippen LogP contribution is 2.27. The zero-order chi connectivity index (χ0) is 16.7. The number of thiophene rings is 1. The predicted molar refractivity (Wildman–Crippen MR) is 88.2 cm³/mol. The van der Waals surface area contributed by atoms with Crippen LogP contribution in [0.25, 0.3) is 6.08 Å². The van der Waals surface area contributed by atoms with Crippen molar-refractivity contribution in [1.29, 1.82) is 0 Å². The van der Waals surface area contributed by atoms with E-state index in [4.69, 9.17) is 14.2 Å². The lowest BCUT2D eigenvalue weighted by Gasteiger charge is -2.07. The molecule has 0 spiro atoms. The third-order valence-electron chi connectivity index (χ3n) is 2.96. The summed E-state index contributed by atoms with van der Waals surface area (Å²) in [6.07, 6.45) is 2.85. The molecule has 0 saturated heterocycles. The molecule has 0 bridgehead atoms. The smallest absolute Gasteiger partial charge is 0.331 e. The van der Waals surface area contributed by atoms with E-state index in [1.54, 1.807) is 48.9 Å². The van der Waals surface area contributed by atoms with Crippen molar-refractivity contribution in [3.05, 3.63) is 52.2 Å². The van der Waals surface area contributed by atoms with Gasteiger partial charge in [-0.25, -0.2) is 4.79 Å². The summed E-state index contributed by atoms with van der Waals surface area (Å²) in [5.74, 6) is 0.377. The maximum Gasteiger partial charge on any atom is 0.331 e. The summed E-state index contributed by atoms with van der Waals surface area (Å²) in [6, 6.07) is 8.72. The minimum absolute atomic E-state index is 0.215. The Kier molecular flexibility index (Phi) is 5.94. The SMILES string of the molecule is COc1ccc(/C=C/C(=O)OCC(=O)c2cccs2)cc1OC. The number of esters is 1. The first-order chi connectivity index (χ1) is 11.1. The van der Waals surface area contributed by atoms with Gasteiger partial charge in [0.2, 0.25) is 5.78 Å². The molecule has 2 rings (SSSR count). The third-order valence-corrected chi connectivity index (χ3v) is 3.87. The van der Waals surface area contributed by atoms with Crippen LogP contribution in [0.2, 0.25) is 0 Å². The molecule has 6 heteroatoms. The minimum atomic E-state index is -0.579. The van der Waals surface area contributed by atoms with Crippen LogP contribution >= 0.6 is 11.3 Å². The van der Waals surface area contributed by atoms with Crippen molar-refractivity contribution in [2.75, 3.05) is 20.8 Å². The molecule has 0 atom stereocenters. The average Bonchev–Trinajstić information content (AvgIpc) is 3.12. The standard InChI is InChI=1S/C17H16O5S/c1-20-14-7-5-12(10-15(14)21-2)6-8-17(19)22-11-13(18)16-4-3-9-23-16/h3-10H,11H2,1-2H3/b8-6+. The first-order valence-electron chi connectivity index (χ1n) is 6.77. The summed E-state index contributed by atoms with van der Waals surface area (Å²) < 4.78 is 15.3. The molecule has 120 valence electrons. The van der Waals surface area contributed by atoms with Crippen LogP contribution in [0.4, 0.5) is 0 Å². The van der Waals surface area contributed by atoms with Gasteiger partial charge in [-0.2, -0.15) is 0 Å². The normalized spacial score (nSPS) is 10.5. The number of hydrogen-bond donors (Lipinski definition) is 0. The first kappa shape index (κ1) is 16.8. The van der Waals surface area contributed by atoms with Crippen LogP contribution in [0.15, 0.2) is 41.8 Å². The van der Waals surface area contributed by atoms with Crippen LogP contribution in [0.5, 0.6) is 11.5 Å². The number of benzene rings is 1. The van der Waals surface area contributed by atoms with E-state index >= 15 is 0 Å². The number of carbonyl (C=O) groups excluding carboxylic acids is 2. The predicted octanol–water partition coefficient (Wildman–Crippen LogP) is 3.20. The van der Waals surface area contributed by atoms with Crippen LogP contribution in [0.3, 0.4) is 0 Å². The second-order valence-electron chi connectivity index (χ2n) is 4.46. The summed E-state index contributed by atoms with van der Waals surface area (Å²) in [5, 5.41) is 1.80.